The molecule has 2 N–H and O–H groups in total. The SMILES string of the molecule is COc1cc(-c2nc(Nc3ccc4[nH]ncc4c3Cl)n(C)n2)ccc1N(C)CC(=O)CN(C)C. The maximum absolute atomic E-state index is 12.2. The number of fused-ring (bicyclic) bond motifs is 1. The average molecular weight is 483 g/mol. The first-order valence-corrected chi connectivity index (χ1v) is 11.0. The number of Topliss-reactive ketones (excluding diaryl/α,β-unsaturated/α-hetero) is 1. The van der Waals surface area contributed by atoms with E-state index in [4.69, 9.17) is 16.3 Å². The van der Waals surface area contributed by atoms with Crippen LogP contribution in [0.5, 0.6) is 5.75 Å². The Morgan fingerprint density at radius 1 is 1.21 bits per heavy atom. The molecule has 0 saturated heterocycles. The standard InChI is InChI=1S/C23H27ClN8O2/c1-30(2)12-15(33)13-31(3)19-9-6-14(10-20(19)34-5)22-27-23(32(4)29-22)26-18-8-7-17-16(21(18)24)11-25-28-17/h6-11H,12-13H2,1-5H3,(H,25,28)(H,26,27,29). The van der Waals surface area contributed by atoms with Crippen LogP contribution >= 0.6 is 11.6 Å². The zero-order valence-electron chi connectivity index (χ0n) is 19.8. The van der Waals surface area contributed by atoms with Crippen molar-refractivity contribution in [3.8, 4) is 17.1 Å². The van der Waals surface area contributed by atoms with Crippen LogP contribution < -0.4 is 15.0 Å². The van der Waals surface area contributed by atoms with Gasteiger partial charge in [0, 0.05) is 25.0 Å². The molecule has 2 heterocycles. The highest BCUT2D eigenvalue weighted by Crippen LogP contribution is 2.34. The molecule has 2 aromatic heterocycles. The van der Waals surface area contributed by atoms with Crippen molar-refractivity contribution in [3.63, 3.8) is 0 Å². The summed E-state index contributed by atoms with van der Waals surface area (Å²) in [4.78, 5) is 20.6. The molecule has 0 amide bonds. The zero-order valence-corrected chi connectivity index (χ0v) is 20.5. The Morgan fingerprint density at radius 2 is 2.00 bits per heavy atom. The number of nitrogens with one attached hydrogen (secondary N) is 2. The van der Waals surface area contributed by atoms with Crippen LogP contribution in [-0.2, 0) is 11.8 Å². The molecule has 0 unspecified atom stereocenters. The summed E-state index contributed by atoms with van der Waals surface area (Å²) >= 11 is 6.53. The molecule has 0 saturated carbocycles. The second-order valence-electron chi connectivity index (χ2n) is 8.29. The first-order valence-electron chi connectivity index (χ1n) is 10.6. The van der Waals surface area contributed by atoms with E-state index in [0.717, 1.165) is 22.2 Å². The van der Waals surface area contributed by atoms with Crippen LogP contribution in [0.1, 0.15) is 0 Å². The summed E-state index contributed by atoms with van der Waals surface area (Å²) in [6, 6.07) is 9.45. The molecule has 10 nitrogen and oxygen atoms in total. The minimum atomic E-state index is 0.119. The molecule has 34 heavy (non-hydrogen) atoms. The van der Waals surface area contributed by atoms with Gasteiger partial charge in [0.05, 0.1) is 48.3 Å². The number of aromatic nitrogens is 5. The third-order valence-electron chi connectivity index (χ3n) is 5.32. The van der Waals surface area contributed by atoms with Gasteiger partial charge < -0.3 is 19.9 Å². The number of likely N-dealkylation sites (N-methyl/N-ethyl adjacent to an activating group) is 2. The number of hydrogen-bond donors (Lipinski definition) is 2. The van der Waals surface area contributed by atoms with Gasteiger partial charge in [-0.2, -0.15) is 10.1 Å². The number of ether oxygens (including phenoxy) is 1. The van der Waals surface area contributed by atoms with Gasteiger partial charge in [-0.05, 0) is 44.4 Å². The normalized spacial score (nSPS) is 11.3. The van der Waals surface area contributed by atoms with Crippen molar-refractivity contribution in [2.24, 2.45) is 7.05 Å². The van der Waals surface area contributed by atoms with Crippen LogP contribution in [0, 0.1) is 0 Å². The number of methoxy groups -OCH3 is 1. The van der Waals surface area contributed by atoms with E-state index < -0.39 is 0 Å². The largest absolute Gasteiger partial charge is 0.495 e. The summed E-state index contributed by atoms with van der Waals surface area (Å²) < 4.78 is 7.26. The number of H-pyrrole nitrogens is 1. The van der Waals surface area contributed by atoms with E-state index in [0.29, 0.717) is 34.8 Å². The molecule has 178 valence electrons. The molecule has 0 aliphatic heterocycles. The molecular weight excluding hydrogens is 456 g/mol. The molecule has 11 heteroatoms. The van der Waals surface area contributed by atoms with Crippen LogP contribution in [0.15, 0.2) is 36.5 Å². The lowest BCUT2D eigenvalue weighted by molar-refractivity contribution is -0.118. The number of halogens is 1. The average Bonchev–Trinajstić information content (AvgIpc) is 3.41. The Kier molecular flexibility index (Phi) is 6.71. The van der Waals surface area contributed by atoms with E-state index in [2.05, 4.69) is 25.6 Å². The van der Waals surface area contributed by atoms with Gasteiger partial charge in [0.1, 0.15) is 5.75 Å². The van der Waals surface area contributed by atoms with Gasteiger partial charge in [0.15, 0.2) is 11.6 Å². The van der Waals surface area contributed by atoms with Crippen molar-refractivity contribution in [1.29, 1.82) is 0 Å². The lowest BCUT2D eigenvalue weighted by atomic mass is 10.1. The molecule has 0 aliphatic rings. The van der Waals surface area contributed by atoms with Gasteiger partial charge in [-0.1, -0.05) is 11.6 Å². The number of aromatic amines is 1. The zero-order chi connectivity index (χ0) is 24.4. The molecule has 0 spiro atoms. The predicted octanol–water partition coefficient (Wildman–Crippen LogP) is 3.33. The quantitative estimate of drug-likeness (QED) is 0.374. The Bertz CT molecular complexity index is 1330. The van der Waals surface area contributed by atoms with Gasteiger partial charge in [0.25, 0.3) is 0 Å². The third-order valence-corrected chi connectivity index (χ3v) is 5.73. The lowest BCUT2D eigenvalue weighted by Gasteiger charge is -2.22. The van der Waals surface area contributed by atoms with Crippen LogP contribution in [0.25, 0.3) is 22.3 Å². The smallest absolute Gasteiger partial charge is 0.225 e. The molecule has 0 atom stereocenters. The van der Waals surface area contributed by atoms with Crippen LogP contribution in [0.2, 0.25) is 5.02 Å². The number of carbonyl (C=O) groups is 1. The highest BCUT2D eigenvalue weighted by atomic mass is 35.5. The third kappa shape index (κ3) is 4.82. The van der Waals surface area contributed by atoms with Crippen LogP contribution in [0.3, 0.4) is 0 Å². The summed E-state index contributed by atoms with van der Waals surface area (Å²) in [6.45, 7) is 0.668. The van der Waals surface area contributed by atoms with E-state index in [-0.39, 0.29) is 12.3 Å². The number of rotatable bonds is 9. The first-order chi connectivity index (χ1) is 16.3. The van der Waals surface area contributed by atoms with Crippen LogP contribution in [0.4, 0.5) is 17.3 Å². The summed E-state index contributed by atoms with van der Waals surface area (Å²) in [5, 5.41) is 16.1. The topological polar surface area (TPSA) is 104 Å². The van der Waals surface area contributed by atoms with E-state index in [1.54, 1.807) is 25.0 Å². The van der Waals surface area contributed by atoms with Crippen molar-refractivity contribution < 1.29 is 9.53 Å². The fourth-order valence-electron chi connectivity index (χ4n) is 3.70. The molecule has 4 aromatic rings. The summed E-state index contributed by atoms with van der Waals surface area (Å²) in [5.41, 5.74) is 3.16. The lowest BCUT2D eigenvalue weighted by Crippen LogP contribution is -2.32. The fourth-order valence-corrected chi connectivity index (χ4v) is 3.96. The van der Waals surface area contributed by atoms with Crippen molar-refractivity contribution >= 4 is 45.6 Å². The minimum absolute atomic E-state index is 0.119. The fraction of sp³-hybridized carbons (Fsp3) is 0.304. The highest BCUT2D eigenvalue weighted by molar-refractivity contribution is 6.38. The van der Waals surface area contributed by atoms with E-state index >= 15 is 0 Å². The van der Waals surface area contributed by atoms with E-state index in [1.807, 2.05) is 61.3 Å². The number of ketones is 1. The monoisotopic (exact) mass is 482 g/mol. The van der Waals surface area contributed by atoms with Gasteiger partial charge in [-0.15, -0.1) is 5.10 Å². The number of nitrogens with zero attached hydrogens (tertiary/aromatic N) is 6. The van der Waals surface area contributed by atoms with Gasteiger partial charge in [-0.3, -0.25) is 9.89 Å². The van der Waals surface area contributed by atoms with Crippen molar-refractivity contribution in [1.82, 2.24) is 29.9 Å². The number of anilines is 3. The Labute approximate surface area is 202 Å². The Hall–Kier alpha value is -3.63. The number of carbonyl (C=O) groups excluding carboxylic acids is 1. The van der Waals surface area contributed by atoms with Crippen molar-refractivity contribution in [3.05, 3.63) is 41.6 Å². The number of benzene rings is 2. The maximum Gasteiger partial charge on any atom is 0.225 e. The van der Waals surface area contributed by atoms with Gasteiger partial charge >= 0.3 is 0 Å². The second kappa shape index (κ2) is 9.70. The predicted molar refractivity (Wildman–Crippen MR) is 134 cm³/mol. The van der Waals surface area contributed by atoms with Gasteiger partial charge in [-0.25, -0.2) is 4.68 Å². The maximum atomic E-state index is 12.2. The Balaban J connectivity index is 1.57. The van der Waals surface area contributed by atoms with Gasteiger partial charge in [0.2, 0.25) is 5.95 Å². The molecule has 2 aromatic carbocycles. The van der Waals surface area contributed by atoms with E-state index in [1.165, 1.54) is 0 Å². The summed E-state index contributed by atoms with van der Waals surface area (Å²) in [6.07, 6.45) is 1.68. The summed E-state index contributed by atoms with van der Waals surface area (Å²) in [7, 11) is 9.02. The van der Waals surface area contributed by atoms with Crippen molar-refractivity contribution in [2.45, 2.75) is 0 Å². The minimum Gasteiger partial charge on any atom is -0.495 e. The molecule has 0 fully saturated rings. The molecule has 0 bridgehead atoms. The van der Waals surface area contributed by atoms with Crippen molar-refractivity contribution in [2.75, 3.05) is 51.6 Å². The van der Waals surface area contributed by atoms with E-state index in [9.17, 15) is 4.79 Å². The molecule has 0 radical (unpaired) electrons. The molecular formula is C23H27ClN8O2. The first kappa shape index (κ1) is 23.5. The van der Waals surface area contributed by atoms with Crippen LogP contribution in [-0.4, -0.2) is 77.0 Å². The number of hydrogen-bond acceptors (Lipinski definition) is 8. The highest BCUT2D eigenvalue weighted by Gasteiger charge is 2.17. The molecule has 4 rings (SSSR count). The second-order valence-corrected chi connectivity index (χ2v) is 8.66. The number of aryl methyl sites for hydroxylation is 1. The molecule has 0 aliphatic carbocycles. The summed E-state index contributed by atoms with van der Waals surface area (Å²) in [5.74, 6) is 1.82. The Morgan fingerprint density at radius 3 is 2.74 bits per heavy atom.